The fraction of sp³-hybridized carbons (Fsp3) is 0.355. The van der Waals surface area contributed by atoms with Crippen LogP contribution in [-0.4, -0.2) is 30.1 Å². The molecule has 1 aliphatic carbocycles. The molecule has 1 aliphatic rings. The first kappa shape index (κ1) is 25.2. The SMILES string of the molecule is Cc1cc2cc([C@H](c3nnnn3C3CCCCC3)N(Cc3ccccc3)Cc3ccco3)c(=O)[nH]c2cc1C. The van der Waals surface area contributed by atoms with E-state index in [4.69, 9.17) is 4.42 Å². The van der Waals surface area contributed by atoms with E-state index in [9.17, 15) is 4.79 Å². The van der Waals surface area contributed by atoms with E-state index in [-0.39, 0.29) is 11.6 Å². The molecule has 8 nitrogen and oxygen atoms in total. The normalized spacial score (nSPS) is 15.3. The number of hydrogen-bond donors (Lipinski definition) is 1. The Hall–Kier alpha value is -4.04. The van der Waals surface area contributed by atoms with Gasteiger partial charge in [0.2, 0.25) is 0 Å². The van der Waals surface area contributed by atoms with Gasteiger partial charge < -0.3 is 9.40 Å². The molecule has 0 radical (unpaired) electrons. The Balaban J connectivity index is 1.53. The van der Waals surface area contributed by atoms with Crippen LogP contribution in [0.4, 0.5) is 0 Å². The van der Waals surface area contributed by atoms with Crippen LogP contribution < -0.4 is 5.56 Å². The Labute approximate surface area is 227 Å². The monoisotopic (exact) mass is 522 g/mol. The van der Waals surface area contributed by atoms with Gasteiger partial charge in [-0.1, -0.05) is 49.6 Å². The van der Waals surface area contributed by atoms with Gasteiger partial charge in [0.15, 0.2) is 5.82 Å². The summed E-state index contributed by atoms with van der Waals surface area (Å²) >= 11 is 0. The zero-order valence-corrected chi connectivity index (χ0v) is 22.5. The molecule has 0 bridgehead atoms. The van der Waals surface area contributed by atoms with E-state index in [1.54, 1.807) is 6.26 Å². The molecule has 0 unspecified atom stereocenters. The van der Waals surface area contributed by atoms with E-state index in [0.717, 1.165) is 53.5 Å². The van der Waals surface area contributed by atoms with Crippen LogP contribution in [0.2, 0.25) is 0 Å². The van der Waals surface area contributed by atoms with Crippen molar-refractivity contribution in [3.8, 4) is 0 Å². The van der Waals surface area contributed by atoms with Gasteiger partial charge in [-0.2, -0.15) is 0 Å². The largest absolute Gasteiger partial charge is 0.468 e. The summed E-state index contributed by atoms with van der Waals surface area (Å²) in [5, 5.41) is 14.2. The van der Waals surface area contributed by atoms with Crippen LogP contribution in [0.25, 0.3) is 10.9 Å². The third-order valence-corrected chi connectivity index (χ3v) is 8.00. The minimum Gasteiger partial charge on any atom is -0.468 e. The van der Waals surface area contributed by atoms with Gasteiger partial charge in [-0.05, 0) is 89.5 Å². The molecule has 0 aliphatic heterocycles. The summed E-state index contributed by atoms with van der Waals surface area (Å²) in [7, 11) is 0. The van der Waals surface area contributed by atoms with Gasteiger partial charge in [0.05, 0.1) is 18.8 Å². The average Bonchev–Trinajstić information content (AvgIpc) is 3.64. The number of nitrogens with one attached hydrogen (secondary N) is 1. The van der Waals surface area contributed by atoms with Gasteiger partial charge in [-0.3, -0.25) is 9.69 Å². The molecule has 6 rings (SSSR count). The number of benzene rings is 2. The average molecular weight is 523 g/mol. The molecule has 200 valence electrons. The first-order valence-corrected chi connectivity index (χ1v) is 13.8. The maximum Gasteiger partial charge on any atom is 0.253 e. The number of aromatic amines is 1. The fourth-order valence-electron chi connectivity index (χ4n) is 5.82. The van der Waals surface area contributed by atoms with Gasteiger partial charge in [0, 0.05) is 17.6 Å². The van der Waals surface area contributed by atoms with Crippen LogP contribution in [0.1, 0.15) is 78.0 Å². The number of pyridine rings is 1. The second-order valence-electron chi connectivity index (χ2n) is 10.7. The van der Waals surface area contributed by atoms with Crippen LogP contribution in [0, 0.1) is 13.8 Å². The van der Waals surface area contributed by atoms with Crippen molar-refractivity contribution in [3.05, 3.63) is 111 Å². The summed E-state index contributed by atoms with van der Waals surface area (Å²) in [6.07, 6.45) is 7.31. The molecule has 1 N–H and O–H groups in total. The van der Waals surface area contributed by atoms with Crippen LogP contribution in [0.5, 0.6) is 0 Å². The van der Waals surface area contributed by atoms with Crippen molar-refractivity contribution < 1.29 is 4.42 Å². The predicted octanol–water partition coefficient (Wildman–Crippen LogP) is 6.02. The highest BCUT2D eigenvalue weighted by Crippen LogP contribution is 2.34. The van der Waals surface area contributed by atoms with Crippen molar-refractivity contribution in [3.63, 3.8) is 0 Å². The van der Waals surface area contributed by atoms with Crippen molar-refractivity contribution in [2.24, 2.45) is 0 Å². The predicted molar refractivity (Wildman–Crippen MR) is 150 cm³/mol. The number of aromatic nitrogens is 5. The van der Waals surface area contributed by atoms with Gasteiger partial charge in [-0.15, -0.1) is 5.10 Å². The smallest absolute Gasteiger partial charge is 0.253 e. The van der Waals surface area contributed by atoms with Gasteiger partial charge in [0.25, 0.3) is 5.56 Å². The minimum atomic E-state index is -0.484. The molecule has 0 saturated heterocycles. The maximum atomic E-state index is 13.8. The summed E-state index contributed by atoms with van der Waals surface area (Å²) < 4.78 is 7.78. The van der Waals surface area contributed by atoms with Crippen molar-refractivity contribution in [1.82, 2.24) is 30.1 Å². The Morgan fingerprint density at radius 2 is 1.79 bits per heavy atom. The van der Waals surface area contributed by atoms with E-state index in [0.29, 0.717) is 24.5 Å². The molecule has 39 heavy (non-hydrogen) atoms. The zero-order valence-electron chi connectivity index (χ0n) is 22.5. The third kappa shape index (κ3) is 5.29. The minimum absolute atomic E-state index is 0.133. The molecule has 1 atom stereocenters. The highest BCUT2D eigenvalue weighted by molar-refractivity contribution is 5.81. The van der Waals surface area contributed by atoms with Gasteiger partial charge in [0.1, 0.15) is 11.8 Å². The van der Waals surface area contributed by atoms with Crippen LogP contribution in [-0.2, 0) is 13.1 Å². The van der Waals surface area contributed by atoms with E-state index < -0.39 is 6.04 Å². The van der Waals surface area contributed by atoms with Crippen molar-refractivity contribution in [2.75, 3.05) is 0 Å². The zero-order chi connectivity index (χ0) is 26.8. The van der Waals surface area contributed by atoms with Crippen LogP contribution >= 0.6 is 0 Å². The number of H-pyrrole nitrogens is 1. The molecule has 3 aromatic heterocycles. The number of aryl methyl sites for hydroxylation is 2. The standard InChI is InChI=1S/C31H34N6O2/c1-21-16-24-18-27(31(38)32-28(24)17-22(21)2)29(30-33-34-35-37(30)25-12-7-4-8-13-25)36(20-26-14-9-15-39-26)19-23-10-5-3-6-11-23/h3,5-6,9-11,14-18,25,29H,4,7-8,12-13,19-20H2,1-2H3,(H,32,38)/t29-/m1/s1. The summed E-state index contributed by atoms with van der Waals surface area (Å²) in [4.78, 5) is 19.2. The maximum absolute atomic E-state index is 13.8. The molecule has 3 heterocycles. The number of hydrogen-bond acceptors (Lipinski definition) is 6. The summed E-state index contributed by atoms with van der Waals surface area (Å²) in [6, 6.07) is 20.1. The summed E-state index contributed by atoms with van der Waals surface area (Å²) in [6.45, 7) is 5.25. The molecule has 2 aromatic carbocycles. The van der Waals surface area contributed by atoms with E-state index >= 15 is 0 Å². The van der Waals surface area contributed by atoms with Crippen LogP contribution in [0.15, 0.2) is 76.1 Å². The number of rotatable bonds is 8. The number of furan rings is 1. The molecule has 8 heteroatoms. The van der Waals surface area contributed by atoms with Gasteiger partial charge >= 0.3 is 0 Å². The molecule has 1 saturated carbocycles. The second-order valence-corrected chi connectivity index (χ2v) is 10.7. The molecular formula is C31H34N6O2. The quantitative estimate of drug-likeness (QED) is 0.268. The Bertz CT molecular complexity index is 1600. The lowest BCUT2D eigenvalue weighted by molar-refractivity contribution is 0.173. The molecular weight excluding hydrogens is 488 g/mol. The summed E-state index contributed by atoms with van der Waals surface area (Å²) in [5.41, 5.74) is 4.78. The highest BCUT2D eigenvalue weighted by atomic mass is 16.3. The Kier molecular flexibility index (Phi) is 7.11. The van der Waals surface area contributed by atoms with Crippen molar-refractivity contribution in [1.29, 1.82) is 0 Å². The van der Waals surface area contributed by atoms with Crippen LogP contribution in [0.3, 0.4) is 0 Å². The van der Waals surface area contributed by atoms with Crippen molar-refractivity contribution in [2.45, 2.75) is 71.1 Å². The van der Waals surface area contributed by atoms with E-state index in [1.165, 1.54) is 12.0 Å². The van der Waals surface area contributed by atoms with Gasteiger partial charge in [-0.25, -0.2) is 4.68 Å². The Morgan fingerprint density at radius 1 is 1.00 bits per heavy atom. The molecule has 1 fully saturated rings. The summed E-state index contributed by atoms with van der Waals surface area (Å²) in [5.74, 6) is 1.51. The topological polar surface area (TPSA) is 92.8 Å². The number of tetrazole rings is 1. The highest BCUT2D eigenvalue weighted by Gasteiger charge is 2.33. The first-order valence-electron chi connectivity index (χ1n) is 13.8. The molecule has 0 amide bonds. The second kappa shape index (κ2) is 11.0. The lowest BCUT2D eigenvalue weighted by Crippen LogP contribution is -2.35. The number of nitrogens with zero attached hydrogens (tertiary/aromatic N) is 5. The lowest BCUT2D eigenvalue weighted by Gasteiger charge is -2.32. The Morgan fingerprint density at radius 3 is 2.56 bits per heavy atom. The number of fused-ring (bicyclic) bond motifs is 1. The van der Waals surface area contributed by atoms with Crippen molar-refractivity contribution >= 4 is 10.9 Å². The third-order valence-electron chi connectivity index (χ3n) is 8.00. The van der Waals surface area contributed by atoms with E-state index in [2.05, 4.69) is 57.5 Å². The van der Waals surface area contributed by atoms with E-state index in [1.807, 2.05) is 47.1 Å². The lowest BCUT2D eigenvalue weighted by atomic mass is 9.95. The molecule has 0 spiro atoms. The molecule has 5 aromatic rings. The first-order chi connectivity index (χ1) is 19.1. The fourth-order valence-corrected chi connectivity index (χ4v) is 5.82.